The number of carbonyl (C=O) groups excluding carboxylic acids is 3. The first kappa shape index (κ1) is 24.3. The van der Waals surface area contributed by atoms with E-state index in [9.17, 15) is 14.4 Å². The predicted molar refractivity (Wildman–Crippen MR) is 102 cm³/mol. The molecule has 0 aliphatic heterocycles. The van der Waals surface area contributed by atoms with E-state index in [1.807, 2.05) is 0 Å². The Balaban J connectivity index is 3.62. The molecule has 8 nitrogen and oxygen atoms in total. The molecule has 0 radical (unpaired) electrons. The first-order valence-corrected chi connectivity index (χ1v) is 9.33. The number of aliphatic hydroxyl groups is 1. The lowest BCUT2D eigenvalue weighted by Gasteiger charge is -2.18. The summed E-state index contributed by atoms with van der Waals surface area (Å²) in [5, 5.41) is 14.3. The molecule has 0 aromatic carbocycles. The number of amides is 3. The number of hydrogen-bond donors (Lipinski definition) is 3. The molecule has 0 rings (SSSR count). The molecule has 0 heterocycles. The molecule has 0 fully saturated rings. The van der Waals surface area contributed by atoms with Crippen LogP contribution in [-0.4, -0.2) is 86.1 Å². The van der Waals surface area contributed by atoms with Crippen LogP contribution < -0.4 is 10.6 Å². The standard InChI is InChI=1S/C18H36N4O4/c1-15(2)8-11-21(3)12-10-20-16(24)7-5-6-9-19-17(25)13-22(4)18(26)14-23/h15,23H,5-14H2,1-4H3,(H,19,25)(H,20,24). The Morgan fingerprint density at radius 3 is 2.23 bits per heavy atom. The maximum Gasteiger partial charge on any atom is 0.248 e. The second-order valence-corrected chi connectivity index (χ2v) is 7.05. The molecular weight excluding hydrogens is 336 g/mol. The summed E-state index contributed by atoms with van der Waals surface area (Å²) in [6.07, 6.45) is 2.99. The van der Waals surface area contributed by atoms with Crippen molar-refractivity contribution in [2.45, 2.75) is 39.5 Å². The largest absolute Gasteiger partial charge is 0.387 e. The lowest BCUT2D eigenvalue weighted by Crippen LogP contribution is -2.39. The van der Waals surface area contributed by atoms with Crippen molar-refractivity contribution >= 4 is 17.7 Å². The van der Waals surface area contributed by atoms with Gasteiger partial charge in [-0.3, -0.25) is 14.4 Å². The van der Waals surface area contributed by atoms with Gasteiger partial charge in [0, 0.05) is 33.1 Å². The minimum absolute atomic E-state index is 0.0295. The zero-order valence-electron chi connectivity index (χ0n) is 16.7. The minimum Gasteiger partial charge on any atom is -0.387 e. The van der Waals surface area contributed by atoms with Crippen LogP contribution in [0.5, 0.6) is 0 Å². The van der Waals surface area contributed by atoms with E-state index in [-0.39, 0.29) is 18.4 Å². The summed E-state index contributed by atoms with van der Waals surface area (Å²) in [6, 6.07) is 0. The van der Waals surface area contributed by atoms with Gasteiger partial charge in [-0.05, 0) is 38.8 Å². The van der Waals surface area contributed by atoms with Gasteiger partial charge in [0.25, 0.3) is 0 Å². The van der Waals surface area contributed by atoms with Crippen LogP contribution in [0.15, 0.2) is 0 Å². The van der Waals surface area contributed by atoms with Gasteiger partial charge in [0.15, 0.2) is 0 Å². The maximum absolute atomic E-state index is 11.8. The van der Waals surface area contributed by atoms with Crippen molar-refractivity contribution in [3.8, 4) is 0 Å². The summed E-state index contributed by atoms with van der Waals surface area (Å²) >= 11 is 0. The first-order chi connectivity index (χ1) is 12.3. The van der Waals surface area contributed by atoms with Crippen molar-refractivity contribution in [3.05, 3.63) is 0 Å². The van der Waals surface area contributed by atoms with Gasteiger partial charge in [0.1, 0.15) is 6.61 Å². The Morgan fingerprint density at radius 1 is 0.962 bits per heavy atom. The third-order valence-corrected chi connectivity index (χ3v) is 4.00. The Labute approximate surface area is 157 Å². The van der Waals surface area contributed by atoms with Gasteiger partial charge in [-0.2, -0.15) is 0 Å². The number of aliphatic hydroxyl groups excluding tert-OH is 1. The number of nitrogens with one attached hydrogen (secondary N) is 2. The van der Waals surface area contributed by atoms with Gasteiger partial charge in [0.2, 0.25) is 17.7 Å². The van der Waals surface area contributed by atoms with Crippen LogP contribution in [0.25, 0.3) is 0 Å². The number of nitrogens with zero attached hydrogens (tertiary/aromatic N) is 2. The fraction of sp³-hybridized carbons (Fsp3) is 0.833. The summed E-state index contributed by atoms with van der Waals surface area (Å²) in [6.45, 7) is 6.70. The van der Waals surface area contributed by atoms with E-state index < -0.39 is 12.5 Å². The number of unbranched alkanes of at least 4 members (excludes halogenated alkanes) is 1. The zero-order chi connectivity index (χ0) is 19.9. The number of carbonyl (C=O) groups is 3. The second kappa shape index (κ2) is 14.5. The topological polar surface area (TPSA) is 102 Å². The maximum atomic E-state index is 11.8. The molecule has 8 heteroatoms. The quantitative estimate of drug-likeness (QED) is 0.367. The highest BCUT2D eigenvalue weighted by molar-refractivity contribution is 5.84. The number of hydrogen-bond acceptors (Lipinski definition) is 5. The van der Waals surface area contributed by atoms with Gasteiger partial charge in [-0.25, -0.2) is 0 Å². The third kappa shape index (κ3) is 13.6. The predicted octanol–water partition coefficient (Wildman–Crippen LogP) is -0.182. The number of rotatable bonds is 14. The Bertz CT molecular complexity index is 429. The van der Waals surface area contributed by atoms with Crippen LogP contribution in [-0.2, 0) is 14.4 Å². The molecule has 0 saturated heterocycles. The lowest BCUT2D eigenvalue weighted by atomic mass is 10.1. The fourth-order valence-electron chi connectivity index (χ4n) is 2.18. The van der Waals surface area contributed by atoms with E-state index in [0.29, 0.717) is 38.3 Å². The summed E-state index contributed by atoms with van der Waals surface area (Å²) in [5.41, 5.74) is 0. The van der Waals surface area contributed by atoms with Crippen molar-refractivity contribution in [2.24, 2.45) is 5.92 Å². The summed E-state index contributed by atoms with van der Waals surface area (Å²) in [5.74, 6) is -0.0557. The molecule has 0 aromatic heterocycles. The highest BCUT2D eigenvalue weighted by Crippen LogP contribution is 2.00. The van der Waals surface area contributed by atoms with Crippen molar-refractivity contribution in [2.75, 3.05) is 53.4 Å². The smallest absolute Gasteiger partial charge is 0.248 e. The molecule has 0 aliphatic rings. The molecule has 0 spiro atoms. The molecule has 3 amide bonds. The average molecular weight is 373 g/mol. The molecule has 0 aromatic rings. The molecule has 0 atom stereocenters. The van der Waals surface area contributed by atoms with E-state index in [2.05, 4.69) is 36.4 Å². The summed E-state index contributed by atoms with van der Waals surface area (Å²) in [7, 11) is 3.52. The Morgan fingerprint density at radius 2 is 1.62 bits per heavy atom. The van der Waals surface area contributed by atoms with Gasteiger partial charge in [-0.15, -0.1) is 0 Å². The van der Waals surface area contributed by atoms with Gasteiger partial charge >= 0.3 is 0 Å². The zero-order valence-corrected chi connectivity index (χ0v) is 16.7. The second-order valence-electron chi connectivity index (χ2n) is 7.05. The van der Waals surface area contributed by atoms with E-state index in [1.54, 1.807) is 0 Å². The lowest BCUT2D eigenvalue weighted by molar-refractivity contribution is -0.136. The molecular formula is C18H36N4O4. The molecule has 0 bridgehead atoms. The number of likely N-dealkylation sites (N-methyl/N-ethyl adjacent to an activating group) is 2. The average Bonchev–Trinajstić information content (AvgIpc) is 2.58. The first-order valence-electron chi connectivity index (χ1n) is 9.33. The van der Waals surface area contributed by atoms with Gasteiger partial charge in [0.05, 0.1) is 6.54 Å². The van der Waals surface area contributed by atoms with Crippen LogP contribution in [0.4, 0.5) is 0 Å². The molecule has 0 saturated carbocycles. The molecule has 0 aliphatic carbocycles. The van der Waals surface area contributed by atoms with Crippen LogP contribution in [0, 0.1) is 5.92 Å². The van der Waals surface area contributed by atoms with E-state index in [1.165, 1.54) is 11.9 Å². The van der Waals surface area contributed by atoms with Crippen LogP contribution in [0.2, 0.25) is 0 Å². The van der Waals surface area contributed by atoms with Crippen LogP contribution in [0.3, 0.4) is 0 Å². The van der Waals surface area contributed by atoms with E-state index in [4.69, 9.17) is 5.11 Å². The SMILES string of the molecule is CC(C)CCN(C)CCNC(=O)CCCCNC(=O)CN(C)C(=O)CO. The van der Waals surface area contributed by atoms with Gasteiger partial charge in [-0.1, -0.05) is 13.8 Å². The Hall–Kier alpha value is -1.67. The minimum atomic E-state index is -0.605. The summed E-state index contributed by atoms with van der Waals surface area (Å²) < 4.78 is 0. The van der Waals surface area contributed by atoms with Gasteiger partial charge < -0.3 is 25.5 Å². The third-order valence-electron chi connectivity index (χ3n) is 4.00. The molecule has 152 valence electrons. The highest BCUT2D eigenvalue weighted by Gasteiger charge is 2.11. The van der Waals surface area contributed by atoms with Crippen molar-refractivity contribution < 1.29 is 19.5 Å². The van der Waals surface area contributed by atoms with Crippen molar-refractivity contribution in [1.82, 2.24) is 20.4 Å². The van der Waals surface area contributed by atoms with Crippen molar-refractivity contribution in [1.29, 1.82) is 0 Å². The molecule has 3 N–H and O–H groups in total. The molecule has 0 unspecified atom stereocenters. The van der Waals surface area contributed by atoms with E-state index >= 15 is 0 Å². The van der Waals surface area contributed by atoms with Crippen LogP contribution >= 0.6 is 0 Å². The fourth-order valence-corrected chi connectivity index (χ4v) is 2.18. The van der Waals surface area contributed by atoms with Crippen LogP contribution in [0.1, 0.15) is 39.5 Å². The Kier molecular flexibility index (Phi) is 13.6. The highest BCUT2D eigenvalue weighted by atomic mass is 16.3. The van der Waals surface area contributed by atoms with E-state index in [0.717, 1.165) is 19.5 Å². The summed E-state index contributed by atoms with van der Waals surface area (Å²) in [4.78, 5) is 37.9. The van der Waals surface area contributed by atoms with Crippen molar-refractivity contribution in [3.63, 3.8) is 0 Å². The normalized spacial score (nSPS) is 10.9. The molecule has 26 heavy (non-hydrogen) atoms. The monoisotopic (exact) mass is 372 g/mol.